The molecule has 0 saturated heterocycles. The molecule has 0 saturated carbocycles. The molecule has 1 aromatic carbocycles. The van der Waals surface area contributed by atoms with Gasteiger partial charge in [-0.1, -0.05) is 41.1 Å². The first-order valence-corrected chi connectivity index (χ1v) is 6.92. The number of carbonyl (C=O) groups is 2. The maximum atomic E-state index is 12.0. The number of carbonyl (C=O) groups excluding carboxylic acids is 1. The van der Waals surface area contributed by atoms with Crippen molar-refractivity contribution in [3.8, 4) is 0 Å². The summed E-state index contributed by atoms with van der Waals surface area (Å²) in [5.41, 5.74) is 0.179. The van der Waals surface area contributed by atoms with Crippen LogP contribution in [0.15, 0.2) is 28.7 Å². The Labute approximate surface area is 121 Å². The average Bonchev–Trinajstić information content (AvgIpc) is 2.31. The Morgan fingerprint density at radius 1 is 1.37 bits per heavy atom. The molecule has 0 fully saturated rings. The summed E-state index contributed by atoms with van der Waals surface area (Å²) in [4.78, 5) is 22.8. The van der Waals surface area contributed by atoms with E-state index in [4.69, 9.17) is 5.11 Å². The number of amides is 1. The number of benzene rings is 1. The van der Waals surface area contributed by atoms with Gasteiger partial charge >= 0.3 is 5.97 Å². The standard InChI is InChI=1S/C14H18BrNO3/c1-3-14(2,9-13(18)19)16-12(17)8-10-6-4-5-7-11(10)15/h4-7H,3,8-9H2,1-2H3,(H,16,17)(H,18,19). The van der Waals surface area contributed by atoms with Crippen LogP contribution in [0.3, 0.4) is 0 Å². The second-order valence-electron chi connectivity index (χ2n) is 4.80. The Morgan fingerprint density at radius 3 is 2.53 bits per heavy atom. The van der Waals surface area contributed by atoms with Crippen LogP contribution in [0.5, 0.6) is 0 Å². The molecule has 0 bridgehead atoms. The molecule has 1 amide bonds. The van der Waals surface area contributed by atoms with Crippen LogP contribution in [0.2, 0.25) is 0 Å². The van der Waals surface area contributed by atoms with E-state index in [0.29, 0.717) is 6.42 Å². The van der Waals surface area contributed by atoms with Gasteiger partial charge in [-0.3, -0.25) is 9.59 Å². The van der Waals surface area contributed by atoms with Gasteiger partial charge in [0.15, 0.2) is 0 Å². The van der Waals surface area contributed by atoms with Crippen LogP contribution >= 0.6 is 15.9 Å². The third-order valence-electron chi connectivity index (χ3n) is 3.07. The lowest BCUT2D eigenvalue weighted by atomic mass is 9.94. The van der Waals surface area contributed by atoms with E-state index in [1.54, 1.807) is 6.92 Å². The Morgan fingerprint density at radius 2 is 2.00 bits per heavy atom. The number of aliphatic carboxylic acids is 1. The molecule has 4 nitrogen and oxygen atoms in total. The summed E-state index contributed by atoms with van der Waals surface area (Å²) in [6.45, 7) is 3.61. The smallest absolute Gasteiger partial charge is 0.305 e. The summed E-state index contributed by atoms with van der Waals surface area (Å²) in [6.07, 6.45) is 0.725. The number of nitrogens with one attached hydrogen (secondary N) is 1. The van der Waals surface area contributed by atoms with Crippen LogP contribution < -0.4 is 5.32 Å². The summed E-state index contributed by atoms with van der Waals surface area (Å²) in [7, 11) is 0. The maximum absolute atomic E-state index is 12.0. The van der Waals surface area contributed by atoms with Crippen molar-refractivity contribution in [2.24, 2.45) is 0 Å². The molecule has 1 aromatic rings. The lowest BCUT2D eigenvalue weighted by molar-refractivity contribution is -0.139. The molecular formula is C14H18BrNO3. The topological polar surface area (TPSA) is 66.4 Å². The van der Waals surface area contributed by atoms with Crippen LogP contribution in [-0.2, 0) is 16.0 Å². The summed E-state index contributed by atoms with van der Waals surface area (Å²) < 4.78 is 0.876. The van der Waals surface area contributed by atoms with Gasteiger partial charge in [0.25, 0.3) is 0 Å². The van der Waals surface area contributed by atoms with Crippen molar-refractivity contribution in [1.29, 1.82) is 0 Å². The number of halogens is 1. The Bertz CT molecular complexity index is 476. The predicted octanol–water partition coefficient (Wildman–Crippen LogP) is 2.75. The first-order valence-electron chi connectivity index (χ1n) is 6.12. The number of hydrogen-bond acceptors (Lipinski definition) is 2. The minimum absolute atomic E-state index is 0.0782. The minimum atomic E-state index is -0.912. The first-order chi connectivity index (χ1) is 8.86. The summed E-state index contributed by atoms with van der Waals surface area (Å²) in [5, 5.41) is 11.7. The van der Waals surface area contributed by atoms with E-state index in [1.807, 2.05) is 31.2 Å². The van der Waals surface area contributed by atoms with Gasteiger partial charge in [0.05, 0.1) is 12.8 Å². The van der Waals surface area contributed by atoms with Crippen LogP contribution in [0, 0.1) is 0 Å². The zero-order chi connectivity index (χ0) is 14.5. The van der Waals surface area contributed by atoms with Crippen LogP contribution in [-0.4, -0.2) is 22.5 Å². The fourth-order valence-electron chi connectivity index (χ4n) is 1.79. The van der Waals surface area contributed by atoms with Crippen molar-refractivity contribution in [2.45, 2.75) is 38.6 Å². The van der Waals surface area contributed by atoms with Gasteiger partial charge in [0.2, 0.25) is 5.91 Å². The highest BCUT2D eigenvalue weighted by Gasteiger charge is 2.27. The number of hydrogen-bond donors (Lipinski definition) is 2. The third-order valence-corrected chi connectivity index (χ3v) is 3.85. The van der Waals surface area contributed by atoms with E-state index in [1.165, 1.54) is 0 Å². The lowest BCUT2D eigenvalue weighted by Gasteiger charge is -2.28. The van der Waals surface area contributed by atoms with Crippen LogP contribution in [0.4, 0.5) is 0 Å². The fourth-order valence-corrected chi connectivity index (χ4v) is 2.21. The molecule has 0 aromatic heterocycles. The molecule has 1 atom stereocenters. The van der Waals surface area contributed by atoms with Crippen molar-refractivity contribution in [2.75, 3.05) is 0 Å². The normalized spacial score (nSPS) is 13.6. The van der Waals surface area contributed by atoms with Crippen molar-refractivity contribution >= 4 is 27.8 Å². The first kappa shape index (κ1) is 15.7. The highest BCUT2D eigenvalue weighted by molar-refractivity contribution is 9.10. The summed E-state index contributed by atoms with van der Waals surface area (Å²) in [5.74, 6) is -1.08. The Kier molecular flexibility index (Phi) is 5.54. The highest BCUT2D eigenvalue weighted by atomic mass is 79.9. The van der Waals surface area contributed by atoms with Gasteiger partial charge < -0.3 is 10.4 Å². The van der Waals surface area contributed by atoms with Crippen molar-refractivity contribution in [3.05, 3.63) is 34.3 Å². The maximum Gasteiger partial charge on any atom is 0.305 e. The van der Waals surface area contributed by atoms with Gasteiger partial charge in [-0.15, -0.1) is 0 Å². The number of carboxylic acid groups (broad SMARTS) is 1. The Hall–Kier alpha value is -1.36. The number of carboxylic acids is 1. The second-order valence-corrected chi connectivity index (χ2v) is 5.66. The van der Waals surface area contributed by atoms with Gasteiger partial charge in [0, 0.05) is 10.0 Å². The zero-order valence-corrected chi connectivity index (χ0v) is 12.7. The lowest BCUT2D eigenvalue weighted by Crippen LogP contribution is -2.47. The fraction of sp³-hybridized carbons (Fsp3) is 0.429. The van der Waals surface area contributed by atoms with E-state index < -0.39 is 11.5 Å². The molecule has 0 aliphatic heterocycles. The van der Waals surface area contributed by atoms with E-state index in [9.17, 15) is 9.59 Å². The summed E-state index contributed by atoms with van der Waals surface area (Å²) >= 11 is 3.39. The van der Waals surface area contributed by atoms with Gasteiger partial charge in [-0.05, 0) is 25.0 Å². The SMILES string of the molecule is CCC(C)(CC(=O)O)NC(=O)Cc1ccccc1Br. The van der Waals surface area contributed by atoms with Gasteiger partial charge in [0.1, 0.15) is 0 Å². The van der Waals surface area contributed by atoms with E-state index in [-0.39, 0.29) is 18.7 Å². The minimum Gasteiger partial charge on any atom is -0.481 e. The molecule has 0 radical (unpaired) electrons. The molecule has 19 heavy (non-hydrogen) atoms. The molecule has 0 spiro atoms. The van der Waals surface area contributed by atoms with Crippen molar-refractivity contribution < 1.29 is 14.7 Å². The third kappa shape index (κ3) is 5.03. The molecule has 0 aliphatic rings. The van der Waals surface area contributed by atoms with E-state index in [0.717, 1.165) is 10.0 Å². The average molecular weight is 328 g/mol. The number of rotatable bonds is 6. The molecule has 5 heteroatoms. The van der Waals surface area contributed by atoms with Gasteiger partial charge in [-0.2, -0.15) is 0 Å². The molecule has 1 rings (SSSR count). The zero-order valence-electron chi connectivity index (χ0n) is 11.1. The monoisotopic (exact) mass is 327 g/mol. The van der Waals surface area contributed by atoms with Crippen molar-refractivity contribution in [3.63, 3.8) is 0 Å². The highest BCUT2D eigenvalue weighted by Crippen LogP contribution is 2.18. The predicted molar refractivity (Wildman–Crippen MR) is 76.9 cm³/mol. The van der Waals surface area contributed by atoms with E-state index in [2.05, 4.69) is 21.2 Å². The molecule has 104 valence electrons. The van der Waals surface area contributed by atoms with Crippen LogP contribution in [0.25, 0.3) is 0 Å². The quantitative estimate of drug-likeness (QED) is 0.844. The molecule has 0 aliphatic carbocycles. The molecule has 2 N–H and O–H groups in total. The van der Waals surface area contributed by atoms with E-state index >= 15 is 0 Å². The Balaban J connectivity index is 2.69. The summed E-state index contributed by atoms with van der Waals surface area (Å²) in [6, 6.07) is 7.48. The van der Waals surface area contributed by atoms with Crippen LogP contribution in [0.1, 0.15) is 32.3 Å². The second kappa shape index (κ2) is 6.70. The van der Waals surface area contributed by atoms with Gasteiger partial charge in [-0.25, -0.2) is 0 Å². The van der Waals surface area contributed by atoms with Crippen molar-refractivity contribution in [1.82, 2.24) is 5.32 Å². The largest absolute Gasteiger partial charge is 0.481 e. The molecular weight excluding hydrogens is 310 g/mol. The molecule has 1 unspecified atom stereocenters. The molecule has 0 heterocycles.